The predicted molar refractivity (Wildman–Crippen MR) is 65.9 cm³/mol. The smallest absolute Gasteiger partial charge is 0.136 e. The van der Waals surface area contributed by atoms with Crippen LogP contribution in [0.2, 0.25) is 10.3 Å². The molecule has 16 heavy (non-hydrogen) atoms. The van der Waals surface area contributed by atoms with Crippen LogP contribution in [0.5, 0.6) is 0 Å². The number of rotatable bonds is 4. The highest BCUT2D eigenvalue weighted by atomic mass is 35.5. The molecule has 1 aliphatic rings. The standard InChI is InChI=1S/C12H15Cl2NO/c13-11-6-5-10(12(14)15-11)8-16-7-9-3-1-2-4-9/h5-6,9H,1-4,7-8H2. The molecule has 2 rings (SSSR count). The predicted octanol–water partition coefficient (Wildman–Crippen LogP) is 4.10. The van der Waals surface area contributed by atoms with Crippen molar-refractivity contribution in [3.05, 3.63) is 28.0 Å². The molecule has 88 valence electrons. The van der Waals surface area contributed by atoms with Crippen LogP contribution in [0, 0.1) is 5.92 Å². The van der Waals surface area contributed by atoms with Crippen molar-refractivity contribution in [2.24, 2.45) is 5.92 Å². The van der Waals surface area contributed by atoms with Crippen LogP contribution in [-0.2, 0) is 11.3 Å². The highest BCUT2D eigenvalue weighted by molar-refractivity contribution is 6.32. The summed E-state index contributed by atoms with van der Waals surface area (Å²) in [5, 5.41) is 0.864. The normalized spacial score (nSPS) is 16.9. The molecule has 1 aromatic heterocycles. The minimum absolute atomic E-state index is 0.421. The molecule has 0 unspecified atom stereocenters. The van der Waals surface area contributed by atoms with Gasteiger partial charge in [-0.3, -0.25) is 0 Å². The van der Waals surface area contributed by atoms with Crippen molar-refractivity contribution >= 4 is 23.2 Å². The van der Waals surface area contributed by atoms with E-state index in [0.29, 0.717) is 16.9 Å². The van der Waals surface area contributed by atoms with E-state index in [4.69, 9.17) is 27.9 Å². The van der Waals surface area contributed by atoms with Crippen LogP contribution in [0.25, 0.3) is 0 Å². The number of hydrogen-bond donors (Lipinski definition) is 0. The molecule has 0 saturated heterocycles. The minimum Gasteiger partial charge on any atom is -0.376 e. The van der Waals surface area contributed by atoms with Crippen molar-refractivity contribution in [1.29, 1.82) is 0 Å². The lowest BCUT2D eigenvalue weighted by atomic mass is 10.1. The van der Waals surface area contributed by atoms with Crippen molar-refractivity contribution in [2.45, 2.75) is 32.3 Å². The number of ether oxygens (including phenoxy) is 1. The van der Waals surface area contributed by atoms with Crippen LogP contribution >= 0.6 is 23.2 Å². The molecule has 0 spiro atoms. The monoisotopic (exact) mass is 259 g/mol. The van der Waals surface area contributed by atoms with Gasteiger partial charge in [-0.05, 0) is 24.8 Å². The van der Waals surface area contributed by atoms with Gasteiger partial charge in [0.05, 0.1) is 6.61 Å². The molecule has 1 fully saturated rings. The quantitative estimate of drug-likeness (QED) is 0.760. The Morgan fingerprint density at radius 1 is 1.25 bits per heavy atom. The van der Waals surface area contributed by atoms with Crippen molar-refractivity contribution in [3.63, 3.8) is 0 Å². The van der Waals surface area contributed by atoms with Crippen molar-refractivity contribution in [1.82, 2.24) is 4.98 Å². The number of pyridine rings is 1. The molecule has 4 heteroatoms. The average molecular weight is 260 g/mol. The molecule has 2 nitrogen and oxygen atoms in total. The first kappa shape index (κ1) is 12.2. The summed E-state index contributed by atoms with van der Waals surface area (Å²) in [4.78, 5) is 3.97. The molecule has 1 saturated carbocycles. The lowest BCUT2D eigenvalue weighted by Gasteiger charge is -2.10. The molecule has 1 aliphatic carbocycles. The molecule has 0 N–H and O–H groups in total. The number of nitrogens with zero attached hydrogens (tertiary/aromatic N) is 1. The van der Waals surface area contributed by atoms with Crippen LogP contribution in [0.1, 0.15) is 31.2 Å². The highest BCUT2D eigenvalue weighted by Gasteiger charge is 2.15. The molecule has 0 aromatic carbocycles. The second-order valence-electron chi connectivity index (χ2n) is 4.25. The largest absolute Gasteiger partial charge is 0.376 e. The summed E-state index contributed by atoms with van der Waals surface area (Å²) < 4.78 is 5.66. The number of halogens is 2. The number of aromatic nitrogens is 1. The van der Waals surface area contributed by atoms with Gasteiger partial charge < -0.3 is 4.74 Å². The average Bonchev–Trinajstić information content (AvgIpc) is 2.74. The lowest BCUT2D eigenvalue weighted by molar-refractivity contribution is 0.0887. The Morgan fingerprint density at radius 2 is 2.00 bits per heavy atom. The summed E-state index contributed by atoms with van der Waals surface area (Å²) in [7, 11) is 0. The van der Waals surface area contributed by atoms with E-state index in [1.165, 1.54) is 25.7 Å². The summed E-state index contributed by atoms with van der Waals surface area (Å²) in [5.41, 5.74) is 0.907. The highest BCUT2D eigenvalue weighted by Crippen LogP contribution is 2.25. The van der Waals surface area contributed by atoms with Gasteiger partial charge in [-0.1, -0.05) is 42.1 Å². The first-order valence-electron chi connectivity index (χ1n) is 5.64. The Bertz CT molecular complexity index is 351. The van der Waals surface area contributed by atoms with E-state index in [1.54, 1.807) is 6.07 Å². The van der Waals surface area contributed by atoms with Crippen LogP contribution in [0.15, 0.2) is 12.1 Å². The molecule has 0 bridgehead atoms. The Balaban J connectivity index is 1.80. The summed E-state index contributed by atoms with van der Waals surface area (Å²) in [6.45, 7) is 1.36. The van der Waals surface area contributed by atoms with Gasteiger partial charge in [0, 0.05) is 12.2 Å². The third kappa shape index (κ3) is 3.34. The molecule has 0 radical (unpaired) electrons. The van der Waals surface area contributed by atoms with Crippen LogP contribution in [0.3, 0.4) is 0 Å². The molecular formula is C12H15Cl2NO. The first-order valence-corrected chi connectivity index (χ1v) is 6.40. The van der Waals surface area contributed by atoms with E-state index in [0.717, 1.165) is 18.1 Å². The van der Waals surface area contributed by atoms with Gasteiger partial charge in [0.1, 0.15) is 10.3 Å². The SMILES string of the molecule is Clc1ccc(COCC2CCCC2)c(Cl)n1. The minimum atomic E-state index is 0.421. The summed E-state index contributed by atoms with van der Waals surface area (Å²) in [6, 6.07) is 3.61. The van der Waals surface area contributed by atoms with Gasteiger partial charge >= 0.3 is 0 Å². The van der Waals surface area contributed by atoms with Gasteiger partial charge in [0.2, 0.25) is 0 Å². The lowest BCUT2D eigenvalue weighted by Crippen LogP contribution is -2.05. The Hall–Kier alpha value is -0.310. The van der Waals surface area contributed by atoms with Crippen LogP contribution < -0.4 is 0 Å². The third-order valence-electron chi connectivity index (χ3n) is 2.98. The second-order valence-corrected chi connectivity index (χ2v) is 4.99. The van der Waals surface area contributed by atoms with E-state index >= 15 is 0 Å². The zero-order valence-corrected chi connectivity index (χ0v) is 10.6. The van der Waals surface area contributed by atoms with E-state index in [1.807, 2.05) is 6.07 Å². The second kappa shape index (κ2) is 5.85. The van der Waals surface area contributed by atoms with Crippen molar-refractivity contribution < 1.29 is 4.74 Å². The Labute approximate surface area is 106 Å². The summed E-state index contributed by atoms with van der Waals surface area (Å²) in [5.74, 6) is 0.735. The number of hydrogen-bond acceptors (Lipinski definition) is 2. The van der Waals surface area contributed by atoms with E-state index < -0.39 is 0 Å². The first-order chi connectivity index (χ1) is 7.75. The van der Waals surface area contributed by atoms with E-state index in [9.17, 15) is 0 Å². The van der Waals surface area contributed by atoms with E-state index in [2.05, 4.69) is 4.98 Å². The molecule has 0 amide bonds. The molecule has 0 aliphatic heterocycles. The maximum absolute atomic E-state index is 5.95. The summed E-state index contributed by atoms with van der Waals surface area (Å²) >= 11 is 11.7. The van der Waals surface area contributed by atoms with Crippen LogP contribution in [0.4, 0.5) is 0 Å². The fraction of sp³-hybridized carbons (Fsp3) is 0.583. The molecule has 0 atom stereocenters. The van der Waals surface area contributed by atoms with Gasteiger partial charge in [-0.2, -0.15) is 0 Å². The topological polar surface area (TPSA) is 22.1 Å². The molecular weight excluding hydrogens is 245 g/mol. The van der Waals surface area contributed by atoms with Crippen molar-refractivity contribution in [3.8, 4) is 0 Å². The van der Waals surface area contributed by atoms with Gasteiger partial charge in [0.15, 0.2) is 0 Å². The fourth-order valence-electron chi connectivity index (χ4n) is 2.06. The maximum Gasteiger partial charge on any atom is 0.136 e. The molecule has 1 heterocycles. The Morgan fingerprint density at radius 3 is 2.69 bits per heavy atom. The van der Waals surface area contributed by atoms with Gasteiger partial charge in [-0.15, -0.1) is 0 Å². The zero-order chi connectivity index (χ0) is 11.4. The van der Waals surface area contributed by atoms with E-state index in [-0.39, 0.29) is 0 Å². The van der Waals surface area contributed by atoms with Gasteiger partial charge in [0.25, 0.3) is 0 Å². The van der Waals surface area contributed by atoms with Gasteiger partial charge in [-0.25, -0.2) is 4.98 Å². The van der Waals surface area contributed by atoms with Crippen LogP contribution in [-0.4, -0.2) is 11.6 Å². The molecule has 1 aromatic rings. The third-order valence-corrected chi connectivity index (χ3v) is 3.52. The fourth-order valence-corrected chi connectivity index (χ4v) is 2.46. The zero-order valence-electron chi connectivity index (χ0n) is 9.09. The maximum atomic E-state index is 5.95. The Kier molecular flexibility index (Phi) is 4.45. The summed E-state index contributed by atoms with van der Waals surface area (Å²) in [6.07, 6.45) is 5.29. The van der Waals surface area contributed by atoms with Crippen molar-refractivity contribution in [2.75, 3.05) is 6.61 Å².